The van der Waals surface area contributed by atoms with Crippen LogP contribution in [0.1, 0.15) is 12.8 Å². The van der Waals surface area contributed by atoms with Crippen LogP contribution in [0.2, 0.25) is 0 Å². The molecule has 3 heteroatoms. The molecule has 1 N–H and O–H groups in total. The number of ether oxygens (including phenoxy) is 1. The van der Waals surface area contributed by atoms with Crippen molar-refractivity contribution in [1.29, 1.82) is 0 Å². The second-order valence-electron chi connectivity index (χ2n) is 2.75. The van der Waals surface area contributed by atoms with E-state index in [1.54, 1.807) is 0 Å². The number of rotatable bonds is 3. The molecule has 1 heterocycles. The molecule has 0 spiro atoms. The maximum absolute atomic E-state index is 12.5. The van der Waals surface area contributed by atoms with Crippen molar-refractivity contribution in [3.05, 3.63) is 0 Å². The van der Waals surface area contributed by atoms with Crippen LogP contribution in [0.5, 0.6) is 0 Å². The Labute approximate surface area is 60.0 Å². The van der Waals surface area contributed by atoms with Gasteiger partial charge < -0.3 is 9.84 Å². The summed E-state index contributed by atoms with van der Waals surface area (Å²) in [5.74, 6) is 0.335. The Morgan fingerprint density at radius 2 is 2.50 bits per heavy atom. The first-order valence-corrected chi connectivity index (χ1v) is 3.65. The van der Waals surface area contributed by atoms with Gasteiger partial charge in [0.1, 0.15) is 6.17 Å². The first kappa shape index (κ1) is 7.95. The van der Waals surface area contributed by atoms with E-state index in [-0.39, 0.29) is 6.61 Å². The van der Waals surface area contributed by atoms with Crippen LogP contribution in [0.25, 0.3) is 0 Å². The fourth-order valence-corrected chi connectivity index (χ4v) is 1.21. The molecule has 0 bridgehead atoms. The van der Waals surface area contributed by atoms with E-state index in [4.69, 9.17) is 9.84 Å². The largest absolute Gasteiger partial charge is 0.393 e. The molecule has 0 aliphatic carbocycles. The molecule has 0 aromatic rings. The van der Waals surface area contributed by atoms with Crippen LogP contribution in [0.15, 0.2) is 0 Å². The highest BCUT2D eigenvalue weighted by atomic mass is 19.1. The molecular weight excluding hydrogens is 135 g/mol. The van der Waals surface area contributed by atoms with Gasteiger partial charge in [-0.15, -0.1) is 0 Å². The van der Waals surface area contributed by atoms with Crippen LogP contribution in [0.4, 0.5) is 4.39 Å². The standard InChI is InChI=1S/C7H13FO2/c8-7(4-9)3-6-1-2-10-5-6/h6-7,9H,1-5H2. The molecule has 0 radical (unpaired) electrons. The number of aliphatic hydroxyl groups is 1. The summed E-state index contributed by atoms with van der Waals surface area (Å²) in [6.45, 7) is 1.07. The molecule has 0 aromatic heterocycles. The van der Waals surface area contributed by atoms with Crippen molar-refractivity contribution in [2.45, 2.75) is 19.0 Å². The Morgan fingerprint density at radius 1 is 1.70 bits per heavy atom. The third-order valence-electron chi connectivity index (χ3n) is 1.81. The summed E-state index contributed by atoms with van der Waals surface area (Å²) < 4.78 is 17.5. The molecule has 0 saturated carbocycles. The highest BCUT2D eigenvalue weighted by Gasteiger charge is 2.19. The third kappa shape index (κ3) is 2.23. The van der Waals surface area contributed by atoms with Gasteiger partial charge in [0.15, 0.2) is 0 Å². The van der Waals surface area contributed by atoms with E-state index in [1.807, 2.05) is 0 Å². The van der Waals surface area contributed by atoms with Gasteiger partial charge in [0, 0.05) is 13.2 Å². The van der Waals surface area contributed by atoms with Crippen LogP contribution in [-0.4, -0.2) is 31.1 Å². The number of hydrogen-bond acceptors (Lipinski definition) is 2. The monoisotopic (exact) mass is 148 g/mol. The van der Waals surface area contributed by atoms with Crippen molar-refractivity contribution in [2.75, 3.05) is 19.8 Å². The minimum atomic E-state index is -1.05. The average molecular weight is 148 g/mol. The van der Waals surface area contributed by atoms with E-state index in [1.165, 1.54) is 0 Å². The summed E-state index contributed by atoms with van der Waals surface area (Å²) in [5.41, 5.74) is 0. The van der Waals surface area contributed by atoms with E-state index in [2.05, 4.69) is 0 Å². The molecule has 0 aromatic carbocycles. The molecule has 60 valence electrons. The smallest absolute Gasteiger partial charge is 0.123 e. The van der Waals surface area contributed by atoms with Crippen LogP contribution in [-0.2, 0) is 4.74 Å². The van der Waals surface area contributed by atoms with Gasteiger partial charge in [0.25, 0.3) is 0 Å². The van der Waals surface area contributed by atoms with Crippen molar-refractivity contribution in [2.24, 2.45) is 5.92 Å². The van der Waals surface area contributed by atoms with Crippen LogP contribution in [0.3, 0.4) is 0 Å². The topological polar surface area (TPSA) is 29.5 Å². The minimum absolute atomic E-state index is 0.335. The van der Waals surface area contributed by atoms with Crippen molar-refractivity contribution >= 4 is 0 Å². The molecule has 1 aliphatic rings. The maximum atomic E-state index is 12.5. The SMILES string of the molecule is OCC(F)CC1CCOC1. The average Bonchev–Trinajstić information content (AvgIpc) is 2.40. The lowest BCUT2D eigenvalue weighted by molar-refractivity contribution is 0.139. The predicted molar refractivity (Wildman–Crippen MR) is 35.5 cm³/mol. The molecular formula is C7H13FO2. The van der Waals surface area contributed by atoms with Crippen molar-refractivity contribution in [3.63, 3.8) is 0 Å². The van der Waals surface area contributed by atoms with Crippen molar-refractivity contribution in [1.82, 2.24) is 0 Å². The highest BCUT2D eigenvalue weighted by molar-refractivity contribution is 4.68. The normalized spacial score (nSPS) is 28.8. The summed E-state index contributed by atoms with van der Waals surface area (Å²) in [4.78, 5) is 0. The molecule has 2 unspecified atom stereocenters. The molecule has 2 nitrogen and oxygen atoms in total. The Balaban J connectivity index is 2.11. The van der Waals surface area contributed by atoms with E-state index >= 15 is 0 Å². The van der Waals surface area contributed by atoms with Gasteiger partial charge in [-0.1, -0.05) is 0 Å². The Kier molecular flexibility index (Phi) is 3.09. The zero-order chi connectivity index (χ0) is 7.40. The van der Waals surface area contributed by atoms with E-state index < -0.39 is 6.17 Å². The predicted octanol–water partition coefficient (Wildman–Crippen LogP) is 0.743. The summed E-state index contributed by atoms with van der Waals surface area (Å²) in [5, 5.41) is 8.38. The third-order valence-corrected chi connectivity index (χ3v) is 1.81. The quantitative estimate of drug-likeness (QED) is 0.639. The number of halogens is 1. The Hall–Kier alpha value is -0.150. The summed E-state index contributed by atoms with van der Waals surface area (Å²) in [6, 6.07) is 0. The number of hydrogen-bond donors (Lipinski definition) is 1. The molecule has 10 heavy (non-hydrogen) atoms. The van der Waals surface area contributed by atoms with Gasteiger partial charge in [-0.05, 0) is 18.8 Å². The molecule has 1 saturated heterocycles. The zero-order valence-electron chi connectivity index (χ0n) is 5.92. The molecule has 2 atom stereocenters. The van der Waals surface area contributed by atoms with Crippen LogP contribution in [0, 0.1) is 5.92 Å². The van der Waals surface area contributed by atoms with Crippen molar-refractivity contribution < 1.29 is 14.2 Å². The summed E-state index contributed by atoms with van der Waals surface area (Å²) in [7, 11) is 0. The molecule has 1 aliphatic heterocycles. The number of aliphatic hydroxyl groups excluding tert-OH is 1. The van der Waals surface area contributed by atoms with Gasteiger partial charge in [0.2, 0.25) is 0 Å². The van der Waals surface area contributed by atoms with Crippen LogP contribution < -0.4 is 0 Å². The van der Waals surface area contributed by atoms with E-state index in [0.717, 1.165) is 13.0 Å². The van der Waals surface area contributed by atoms with Crippen molar-refractivity contribution in [3.8, 4) is 0 Å². The molecule has 1 rings (SSSR count). The second kappa shape index (κ2) is 3.88. The number of alkyl halides is 1. The van der Waals surface area contributed by atoms with E-state index in [9.17, 15) is 4.39 Å². The fraction of sp³-hybridized carbons (Fsp3) is 1.00. The minimum Gasteiger partial charge on any atom is -0.393 e. The molecule has 0 amide bonds. The van der Waals surface area contributed by atoms with Gasteiger partial charge in [-0.3, -0.25) is 0 Å². The fourth-order valence-electron chi connectivity index (χ4n) is 1.21. The first-order chi connectivity index (χ1) is 4.83. The Morgan fingerprint density at radius 3 is 3.00 bits per heavy atom. The van der Waals surface area contributed by atoms with E-state index in [0.29, 0.717) is 18.9 Å². The van der Waals surface area contributed by atoms with Gasteiger partial charge in [-0.25, -0.2) is 4.39 Å². The van der Waals surface area contributed by atoms with Gasteiger partial charge in [0.05, 0.1) is 6.61 Å². The Bertz CT molecular complexity index is 91.6. The maximum Gasteiger partial charge on any atom is 0.123 e. The lowest BCUT2D eigenvalue weighted by atomic mass is 10.0. The lowest BCUT2D eigenvalue weighted by Gasteiger charge is -2.08. The summed E-state index contributed by atoms with van der Waals surface area (Å²) in [6.07, 6.45) is 0.350. The zero-order valence-corrected chi connectivity index (χ0v) is 5.92. The second-order valence-corrected chi connectivity index (χ2v) is 2.75. The lowest BCUT2D eigenvalue weighted by Crippen LogP contribution is -2.12. The van der Waals surface area contributed by atoms with Gasteiger partial charge in [-0.2, -0.15) is 0 Å². The molecule has 1 fully saturated rings. The summed E-state index contributed by atoms with van der Waals surface area (Å²) >= 11 is 0. The highest BCUT2D eigenvalue weighted by Crippen LogP contribution is 2.18. The first-order valence-electron chi connectivity index (χ1n) is 3.65. The van der Waals surface area contributed by atoms with Gasteiger partial charge >= 0.3 is 0 Å². The van der Waals surface area contributed by atoms with Crippen LogP contribution >= 0.6 is 0 Å².